The van der Waals surface area contributed by atoms with Gasteiger partial charge in [-0.25, -0.2) is 20.4 Å². The molecule has 1 aliphatic carbocycles. The van der Waals surface area contributed by atoms with Crippen molar-refractivity contribution >= 4 is 23.9 Å². The topological polar surface area (TPSA) is 176 Å². The maximum atomic E-state index is 14.2. The first-order valence-corrected chi connectivity index (χ1v) is 15.8. The minimum Gasteiger partial charge on any atom is -0.479 e. The fraction of sp³-hybridized carbons (Fsp3) is 0.793. The van der Waals surface area contributed by atoms with Gasteiger partial charge in [0, 0.05) is 18.5 Å². The van der Waals surface area contributed by atoms with Crippen LogP contribution in [0.5, 0.6) is 0 Å². The molecular formula is C29H48N8O6. The smallest absolute Gasteiger partial charge is 0.408 e. The predicted molar refractivity (Wildman–Crippen MR) is 157 cm³/mol. The fourth-order valence-electron chi connectivity index (χ4n) is 6.62. The molecule has 1 saturated carbocycles. The number of aliphatic carboxylic acids is 1. The number of allylic oxidation sites excluding steroid dienone is 1. The van der Waals surface area contributed by atoms with E-state index in [1.807, 2.05) is 12.2 Å². The molecule has 43 heavy (non-hydrogen) atoms. The Hall–Kier alpha value is -2.78. The molecule has 5 rings (SSSR count). The molecule has 4 aliphatic heterocycles. The highest BCUT2D eigenvalue weighted by molar-refractivity contribution is 5.96. The summed E-state index contributed by atoms with van der Waals surface area (Å²) in [7, 11) is 0. The summed E-state index contributed by atoms with van der Waals surface area (Å²) in [4.78, 5) is 54.6. The van der Waals surface area contributed by atoms with E-state index < -0.39 is 41.2 Å². The Morgan fingerprint density at radius 1 is 1.12 bits per heavy atom. The number of carbonyl (C=O) groups is 4. The summed E-state index contributed by atoms with van der Waals surface area (Å²) in [6.45, 7) is 6.43. The van der Waals surface area contributed by atoms with Crippen LogP contribution in [-0.2, 0) is 19.1 Å². The van der Waals surface area contributed by atoms with Crippen molar-refractivity contribution in [1.82, 2.24) is 42.4 Å². The van der Waals surface area contributed by atoms with Gasteiger partial charge in [0.2, 0.25) is 11.8 Å². The van der Waals surface area contributed by atoms with Crippen molar-refractivity contribution in [3.8, 4) is 0 Å². The number of rotatable bonds is 4. The monoisotopic (exact) mass is 604 g/mol. The van der Waals surface area contributed by atoms with E-state index in [4.69, 9.17) is 4.74 Å². The maximum absolute atomic E-state index is 14.2. The van der Waals surface area contributed by atoms with Crippen LogP contribution in [0.25, 0.3) is 0 Å². The van der Waals surface area contributed by atoms with Crippen LogP contribution >= 0.6 is 0 Å². The Kier molecular flexibility index (Phi) is 9.61. The molecule has 4 heterocycles. The average Bonchev–Trinajstić information content (AvgIpc) is 3.28. The SMILES string of the molecule is CC(C)(C)OC(=O)N[C@H]1CCCCC/C=C\[C@@H]2C[C@@]2(C(=O)O)NC(=O)[C@@H]2C[C@@H](N3NNC(C4CCCCN4)N3)CN2C1=O. The van der Waals surface area contributed by atoms with Crippen LogP contribution in [0.1, 0.15) is 85.0 Å². The second-order valence-electron chi connectivity index (χ2n) is 13.5. The lowest BCUT2D eigenvalue weighted by molar-refractivity contribution is -0.145. The zero-order chi connectivity index (χ0) is 30.8. The van der Waals surface area contributed by atoms with Gasteiger partial charge in [-0.3, -0.25) is 9.59 Å². The molecule has 14 heteroatoms. The molecule has 7 atom stereocenters. The first-order valence-electron chi connectivity index (χ1n) is 15.8. The molecule has 3 amide bonds. The number of carboxylic acid groups (broad SMARTS) is 1. The summed E-state index contributed by atoms with van der Waals surface area (Å²) in [5.41, 5.74) is 7.76. The largest absolute Gasteiger partial charge is 0.479 e. The van der Waals surface area contributed by atoms with Crippen molar-refractivity contribution in [3.63, 3.8) is 0 Å². The van der Waals surface area contributed by atoms with Crippen molar-refractivity contribution in [1.29, 1.82) is 0 Å². The van der Waals surface area contributed by atoms with Gasteiger partial charge in [0.1, 0.15) is 29.4 Å². The average molecular weight is 605 g/mol. The number of piperidine rings is 1. The fourth-order valence-corrected chi connectivity index (χ4v) is 6.62. The van der Waals surface area contributed by atoms with Crippen molar-refractivity contribution in [3.05, 3.63) is 12.2 Å². The molecule has 4 fully saturated rings. The second kappa shape index (κ2) is 13.1. The highest BCUT2D eigenvalue weighted by atomic mass is 16.6. The van der Waals surface area contributed by atoms with Gasteiger partial charge in [-0.15, -0.1) is 0 Å². The highest BCUT2D eigenvalue weighted by Gasteiger charge is 2.61. The molecule has 3 saturated heterocycles. The van der Waals surface area contributed by atoms with Crippen LogP contribution < -0.4 is 32.3 Å². The Labute approximate surface area is 253 Å². The summed E-state index contributed by atoms with van der Waals surface area (Å²) in [6.07, 6.45) is 10.6. The van der Waals surface area contributed by atoms with E-state index in [-0.39, 0.29) is 43.0 Å². The third-order valence-electron chi connectivity index (χ3n) is 9.06. The number of hydrogen-bond acceptors (Lipinski definition) is 10. The minimum atomic E-state index is -1.38. The van der Waals surface area contributed by atoms with Crippen LogP contribution in [0.15, 0.2) is 12.2 Å². The number of amides is 3. The number of carbonyl (C=O) groups excluding carboxylic acids is 3. The molecular weight excluding hydrogens is 556 g/mol. The van der Waals surface area contributed by atoms with E-state index in [0.29, 0.717) is 19.3 Å². The molecule has 7 N–H and O–H groups in total. The van der Waals surface area contributed by atoms with Crippen molar-refractivity contribution in [2.24, 2.45) is 5.92 Å². The van der Waals surface area contributed by atoms with E-state index in [9.17, 15) is 24.3 Å². The first-order chi connectivity index (χ1) is 20.5. The van der Waals surface area contributed by atoms with E-state index in [2.05, 4.69) is 32.3 Å². The zero-order valence-corrected chi connectivity index (χ0v) is 25.5. The molecule has 14 nitrogen and oxygen atoms in total. The molecule has 0 aromatic heterocycles. The number of nitrogens with zero attached hydrogens (tertiary/aromatic N) is 2. The second-order valence-corrected chi connectivity index (χ2v) is 13.5. The third-order valence-corrected chi connectivity index (χ3v) is 9.06. The lowest BCUT2D eigenvalue weighted by Gasteiger charge is -2.30. The number of alkyl carbamates (subject to hydrolysis) is 1. The Morgan fingerprint density at radius 3 is 2.63 bits per heavy atom. The van der Waals surface area contributed by atoms with E-state index >= 15 is 0 Å². The van der Waals surface area contributed by atoms with E-state index in [1.54, 1.807) is 25.9 Å². The normalized spacial score (nSPS) is 36.9. The molecule has 0 radical (unpaired) electrons. The molecule has 5 aliphatic rings. The summed E-state index contributed by atoms with van der Waals surface area (Å²) >= 11 is 0. The minimum absolute atomic E-state index is 0.0706. The van der Waals surface area contributed by atoms with Gasteiger partial charge in [0.05, 0.1) is 6.04 Å². The lowest BCUT2D eigenvalue weighted by Crippen LogP contribution is -2.56. The molecule has 0 bridgehead atoms. The van der Waals surface area contributed by atoms with E-state index in [0.717, 1.165) is 45.1 Å². The Balaban J connectivity index is 1.37. The maximum Gasteiger partial charge on any atom is 0.408 e. The zero-order valence-electron chi connectivity index (χ0n) is 25.5. The highest BCUT2D eigenvalue weighted by Crippen LogP contribution is 2.45. The third kappa shape index (κ3) is 7.48. The lowest BCUT2D eigenvalue weighted by atomic mass is 10.0. The Morgan fingerprint density at radius 2 is 1.91 bits per heavy atom. The predicted octanol–water partition coefficient (Wildman–Crippen LogP) is 0.627. The van der Waals surface area contributed by atoms with E-state index in [1.165, 1.54) is 4.90 Å². The van der Waals surface area contributed by atoms with Crippen molar-refractivity contribution < 1.29 is 29.0 Å². The molecule has 0 aromatic rings. The van der Waals surface area contributed by atoms with Crippen LogP contribution in [-0.4, -0.2) is 93.6 Å². The van der Waals surface area contributed by atoms with Crippen molar-refractivity contribution in [2.75, 3.05) is 13.1 Å². The van der Waals surface area contributed by atoms with Gasteiger partial charge in [0.25, 0.3) is 0 Å². The van der Waals surface area contributed by atoms with Crippen molar-refractivity contribution in [2.45, 2.75) is 126 Å². The Bertz CT molecular complexity index is 1090. The van der Waals surface area contributed by atoms with Gasteiger partial charge in [0.15, 0.2) is 0 Å². The number of fused-ring (bicyclic) bond motifs is 2. The number of hydrazine groups is 3. The van der Waals surface area contributed by atoms with Crippen LogP contribution in [0.3, 0.4) is 0 Å². The van der Waals surface area contributed by atoms with Gasteiger partial charge >= 0.3 is 12.1 Å². The number of carboxylic acids is 1. The molecule has 0 spiro atoms. The summed E-state index contributed by atoms with van der Waals surface area (Å²) in [6, 6.07) is -1.87. The van der Waals surface area contributed by atoms with Gasteiger partial charge in [-0.05, 0) is 72.3 Å². The first kappa shape index (κ1) is 31.6. The van der Waals surface area contributed by atoms with Gasteiger partial charge in [-0.1, -0.05) is 31.4 Å². The summed E-state index contributed by atoms with van der Waals surface area (Å²) in [5.74, 6) is -2.25. The number of ether oxygens (including phenoxy) is 1. The summed E-state index contributed by atoms with van der Waals surface area (Å²) < 4.78 is 5.46. The summed E-state index contributed by atoms with van der Waals surface area (Å²) in [5, 5.41) is 21.0. The quantitative estimate of drug-likeness (QED) is 0.224. The van der Waals surface area contributed by atoms with Crippen LogP contribution in [0.4, 0.5) is 4.79 Å². The number of hydrogen-bond donors (Lipinski definition) is 7. The molecule has 0 aromatic carbocycles. The molecule has 240 valence electrons. The van der Waals surface area contributed by atoms with Crippen LogP contribution in [0, 0.1) is 5.92 Å². The number of nitrogens with one attached hydrogen (secondary N) is 6. The van der Waals surface area contributed by atoms with Crippen LogP contribution in [0.2, 0.25) is 0 Å². The van der Waals surface area contributed by atoms with Gasteiger partial charge < -0.3 is 30.7 Å². The molecule has 2 unspecified atom stereocenters. The standard InChI is InChI=1S/C29H48N8O6/c1-28(2,3)43-27(42)31-21-13-8-6-4-5-7-11-18-16-29(18,26(40)41)32-24(38)22-15-19(17-36(22)25(21)39)37-34-23(33-35-37)20-12-9-10-14-30-20/h7,11,18-23,30,33-35H,4-6,8-10,12-17H2,1-3H3,(H,31,42)(H,32,38)(H,40,41)/b11-7-/t18-,19-,20?,21+,22+,23?,29-/m1/s1. The van der Waals surface area contributed by atoms with Gasteiger partial charge in [-0.2, -0.15) is 10.7 Å².